The molecule has 5 nitrogen and oxygen atoms in total. The molecule has 0 spiro atoms. The molecule has 2 aromatic carbocycles. The molecule has 0 amide bonds. The Bertz CT molecular complexity index is 935. The molecule has 1 heterocycles. The van der Waals surface area contributed by atoms with E-state index in [1.54, 1.807) is 18.2 Å². The molecule has 0 aliphatic heterocycles. The first-order chi connectivity index (χ1) is 11.0. The van der Waals surface area contributed by atoms with Gasteiger partial charge >= 0.3 is 0 Å². The van der Waals surface area contributed by atoms with Gasteiger partial charge in [-0.1, -0.05) is 65.4 Å². The minimum atomic E-state index is -3.86. The Morgan fingerprint density at radius 2 is 1.70 bits per heavy atom. The molecule has 1 aromatic heterocycles. The Morgan fingerprint density at radius 3 is 2.35 bits per heavy atom. The molecule has 0 radical (unpaired) electrons. The maximum Gasteiger partial charge on any atom is 0.238 e. The smallest absolute Gasteiger partial charge is 0.238 e. The van der Waals surface area contributed by atoms with E-state index < -0.39 is 10.0 Å². The summed E-state index contributed by atoms with van der Waals surface area (Å²) in [6.07, 6.45) is 1.85. The summed E-state index contributed by atoms with van der Waals surface area (Å²) in [5.41, 5.74) is 2.55. The SMILES string of the molecule is CSc1onc(-c2ccccc2)c1-c1ccccc1S(N)(=O)=O. The zero-order valence-corrected chi connectivity index (χ0v) is 13.9. The third-order valence-electron chi connectivity index (χ3n) is 3.36. The van der Waals surface area contributed by atoms with Crippen molar-refractivity contribution in [1.29, 1.82) is 0 Å². The second-order valence-corrected chi connectivity index (χ2v) is 7.11. The van der Waals surface area contributed by atoms with Crippen LogP contribution in [-0.4, -0.2) is 19.8 Å². The quantitative estimate of drug-likeness (QED) is 0.732. The van der Waals surface area contributed by atoms with Crippen molar-refractivity contribution >= 4 is 21.8 Å². The Balaban J connectivity index is 2.32. The Kier molecular flexibility index (Phi) is 4.25. The van der Waals surface area contributed by atoms with Crippen molar-refractivity contribution in [2.24, 2.45) is 5.14 Å². The fourth-order valence-corrected chi connectivity index (χ4v) is 3.63. The lowest BCUT2D eigenvalue weighted by Gasteiger charge is -2.08. The molecule has 0 saturated carbocycles. The number of aromatic nitrogens is 1. The Labute approximate surface area is 138 Å². The molecule has 118 valence electrons. The number of sulfonamides is 1. The summed E-state index contributed by atoms with van der Waals surface area (Å²) in [5.74, 6) is 0. The summed E-state index contributed by atoms with van der Waals surface area (Å²) in [4.78, 5) is 0.0516. The van der Waals surface area contributed by atoms with E-state index in [4.69, 9.17) is 9.66 Å². The number of benzene rings is 2. The summed E-state index contributed by atoms with van der Waals surface area (Å²) in [5, 5.41) is 10.0. The molecule has 0 aliphatic rings. The first-order valence-electron chi connectivity index (χ1n) is 6.73. The van der Waals surface area contributed by atoms with E-state index in [2.05, 4.69) is 5.16 Å². The monoisotopic (exact) mass is 346 g/mol. The van der Waals surface area contributed by atoms with Crippen LogP contribution in [0.1, 0.15) is 0 Å². The van der Waals surface area contributed by atoms with Crippen LogP contribution < -0.4 is 5.14 Å². The van der Waals surface area contributed by atoms with E-state index in [1.807, 2.05) is 36.6 Å². The van der Waals surface area contributed by atoms with Gasteiger partial charge in [0.15, 0.2) is 0 Å². The predicted octanol–water partition coefficient (Wildman–Crippen LogP) is 3.38. The largest absolute Gasteiger partial charge is 0.349 e. The second kappa shape index (κ2) is 6.19. The molecule has 0 aliphatic carbocycles. The average molecular weight is 346 g/mol. The van der Waals surface area contributed by atoms with Crippen LogP contribution >= 0.6 is 11.8 Å². The summed E-state index contributed by atoms with van der Waals surface area (Å²) in [6, 6.07) is 16.0. The number of hydrogen-bond acceptors (Lipinski definition) is 5. The van der Waals surface area contributed by atoms with Crippen molar-refractivity contribution in [3.05, 3.63) is 54.6 Å². The van der Waals surface area contributed by atoms with Crippen LogP contribution in [0, 0.1) is 0 Å². The summed E-state index contributed by atoms with van der Waals surface area (Å²) < 4.78 is 29.2. The fourth-order valence-electron chi connectivity index (χ4n) is 2.37. The molecule has 0 bridgehead atoms. The highest BCUT2D eigenvalue weighted by Gasteiger charge is 2.24. The van der Waals surface area contributed by atoms with Crippen molar-refractivity contribution in [2.45, 2.75) is 9.99 Å². The topological polar surface area (TPSA) is 86.2 Å². The van der Waals surface area contributed by atoms with Gasteiger partial charge < -0.3 is 4.52 Å². The molecular weight excluding hydrogens is 332 g/mol. The Morgan fingerprint density at radius 1 is 1.04 bits per heavy atom. The highest BCUT2D eigenvalue weighted by molar-refractivity contribution is 7.98. The zero-order chi connectivity index (χ0) is 16.4. The van der Waals surface area contributed by atoms with Gasteiger partial charge in [-0.15, -0.1) is 0 Å². The number of rotatable bonds is 4. The lowest BCUT2D eigenvalue weighted by atomic mass is 10.0. The third kappa shape index (κ3) is 3.03. The van der Waals surface area contributed by atoms with Gasteiger partial charge in [0.2, 0.25) is 15.1 Å². The molecule has 3 rings (SSSR count). The standard InChI is InChI=1S/C16H14N2O3S2/c1-22-16-14(12-9-5-6-10-13(12)23(17,19)20)15(18-21-16)11-7-3-2-4-8-11/h2-10H,1H3,(H2,17,19,20). The highest BCUT2D eigenvalue weighted by Crippen LogP contribution is 2.40. The number of nitrogens with zero attached hydrogens (tertiary/aromatic N) is 1. The fraction of sp³-hybridized carbons (Fsp3) is 0.0625. The molecule has 2 N–H and O–H groups in total. The first kappa shape index (κ1) is 15.8. The van der Waals surface area contributed by atoms with Crippen LogP contribution in [0.5, 0.6) is 0 Å². The van der Waals surface area contributed by atoms with E-state index >= 15 is 0 Å². The van der Waals surface area contributed by atoms with Crippen LogP contribution in [-0.2, 0) is 10.0 Å². The lowest BCUT2D eigenvalue weighted by molar-refractivity contribution is 0.353. The zero-order valence-electron chi connectivity index (χ0n) is 12.3. The van der Waals surface area contributed by atoms with Gasteiger partial charge in [-0.05, 0) is 12.3 Å². The Hall–Kier alpha value is -2.09. The molecule has 3 aromatic rings. The van der Waals surface area contributed by atoms with E-state index in [0.717, 1.165) is 5.56 Å². The predicted molar refractivity (Wildman–Crippen MR) is 90.5 cm³/mol. The first-order valence-corrected chi connectivity index (χ1v) is 9.50. The maximum absolute atomic E-state index is 11.9. The summed E-state index contributed by atoms with van der Waals surface area (Å²) in [7, 11) is -3.86. The molecular formula is C16H14N2O3S2. The van der Waals surface area contributed by atoms with Gasteiger partial charge in [0.1, 0.15) is 5.69 Å². The lowest BCUT2D eigenvalue weighted by Crippen LogP contribution is -2.13. The van der Waals surface area contributed by atoms with Crippen LogP contribution in [0.25, 0.3) is 22.4 Å². The molecule has 0 saturated heterocycles. The van der Waals surface area contributed by atoms with Crippen molar-refractivity contribution < 1.29 is 12.9 Å². The molecule has 0 fully saturated rings. The van der Waals surface area contributed by atoms with Gasteiger partial charge in [0, 0.05) is 11.1 Å². The highest BCUT2D eigenvalue weighted by atomic mass is 32.2. The van der Waals surface area contributed by atoms with Crippen LogP contribution in [0.4, 0.5) is 0 Å². The number of nitrogens with two attached hydrogens (primary N) is 1. The van der Waals surface area contributed by atoms with E-state index in [0.29, 0.717) is 21.9 Å². The number of thioether (sulfide) groups is 1. The van der Waals surface area contributed by atoms with E-state index in [9.17, 15) is 8.42 Å². The van der Waals surface area contributed by atoms with Crippen molar-refractivity contribution in [1.82, 2.24) is 5.16 Å². The third-order valence-corrected chi connectivity index (χ3v) is 4.97. The van der Waals surface area contributed by atoms with Crippen LogP contribution in [0.2, 0.25) is 0 Å². The molecule has 23 heavy (non-hydrogen) atoms. The van der Waals surface area contributed by atoms with Gasteiger partial charge in [-0.3, -0.25) is 0 Å². The minimum Gasteiger partial charge on any atom is -0.349 e. The minimum absolute atomic E-state index is 0.0516. The van der Waals surface area contributed by atoms with E-state index in [1.165, 1.54) is 17.8 Å². The van der Waals surface area contributed by atoms with Gasteiger partial charge in [-0.2, -0.15) is 0 Å². The van der Waals surface area contributed by atoms with E-state index in [-0.39, 0.29) is 4.90 Å². The van der Waals surface area contributed by atoms with Crippen LogP contribution in [0.3, 0.4) is 0 Å². The molecule has 0 atom stereocenters. The second-order valence-electron chi connectivity index (χ2n) is 4.80. The van der Waals surface area contributed by atoms with Crippen molar-refractivity contribution in [3.63, 3.8) is 0 Å². The van der Waals surface area contributed by atoms with Crippen molar-refractivity contribution in [2.75, 3.05) is 6.26 Å². The number of hydrogen-bond donors (Lipinski definition) is 1. The molecule has 7 heteroatoms. The van der Waals surface area contributed by atoms with Crippen LogP contribution in [0.15, 0.2) is 69.1 Å². The average Bonchev–Trinajstić information content (AvgIpc) is 2.98. The maximum atomic E-state index is 11.9. The molecule has 0 unspecified atom stereocenters. The van der Waals surface area contributed by atoms with Gasteiger partial charge in [-0.25, -0.2) is 13.6 Å². The summed E-state index contributed by atoms with van der Waals surface area (Å²) >= 11 is 1.36. The normalized spacial score (nSPS) is 11.6. The number of primary sulfonamides is 1. The van der Waals surface area contributed by atoms with Gasteiger partial charge in [0.25, 0.3) is 0 Å². The summed E-state index contributed by atoms with van der Waals surface area (Å²) in [6.45, 7) is 0. The van der Waals surface area contributed by atoms with Crippen molar-refractivity contribution in [3.8, 4) is 22.4 Å². The van der Waals surface area contributed by atoms with Gasteiger partial charge in [0.05, 0.1) is 10.5 Å².